The zero-order valence-corrected chi connectivity index (χ0v) is 12.5. The second-order valence-corrected chi connectivity index (χ2v) is 4.94. The van der Waals surface area contributed by atoms with Crippen LogP contribution >= 0.6 is 0 Å². The van der Waals surface area contributed by atoms with E-state index in [9.17, 15) is 4.79 Å². The molecule has 3 aromatic rings. The molecule has 1 aromatic heterocycles. The molecule has 4 heteroatoms. The first kappa shape index (κ1) is 14.2. The molecule has 0 N–H and O–H groups in total. The van der Waals surface area contributed by atoms with Crippen LogP contribution < -0.4 is 14.9 Å². The van der Waals surface area contributed by atoms with Gasteiger partial charge in [0.05, 0.1) is 12.0 Å². The number of hydrogen-bond donors (Lipinski definition) is 0. The van der Waals surface area contributed by atoms with E-state index in [1.807, 2.05) is 38.1 Å². The zero-order chi connectivity index (χ0) is 15.5. The van der Waals surface area contributed by atoms with Crippen molar-refractivity contribution < 1.29 is 13.9 Å². The van der Waals surface area contributed by atoms with Gasteiger partial charge in [0.1, 0.15) is 23.3 Å². The molecule has 0 aliphatic heterocycles. The van der Waals surface area contributed by atoms with E-state index >= 15 is 0 Å². The maximum atomic E-state index is 12.4. The maximum Gasteiger partial charge on any atom is 0.235 e. The lowest BCUT2D eigenvalue weighted by atomic mass is 10.2. The standard InChI is InChI=1S/C18H16O4/c1-3-20-14-8-9-15-16(10-14)21-11-17(18(15)19)22-13-6-4-12(2)5-7-13/h4-11H,3H2,1-2H3. The van der Waals surface area contributed by atoms with Gasteiger partial charge in [-0.15, -0.1) is 0 Å². The van der Waals surface area contributed by atoms with Crippen molar-refractivity contribution in [2.75, 3.05) is 6.61 Å². The Morgan fingerprint density at radius 2 is 1.77 bits per heavy atom. The van der Waals surface area contributed by atoms with Crippen molar-refractivity contribution in [3.63, 3.8) is 0 Å². The molecule has 0 spiro atoms. The Hall–Kier alpha value is -2.75. The summed E-state index contributed by atoms with van der Waals surface area (Å²) >= 11 is 0. The minimum Gasteiger partial charge on any atom is -0.494 e. The van der Waals surface area contributed by atoms with Crippen LogP contribution in [0.25, 0.3) is 11.0 Å². The molecule has 0 atom stereocenters. The summed E-state index contributed by atoms with van der Waals surface area (Å²) in [5.41, 5.74) is 1.40. The zero-order valence-electron chi connectivity index (χ0n) is 12.5. The van der Waals surface area contributed by atoms with Crippen molar-refractivity contribution in [3.8, 4) is 17.2 Å². The summed E-state index contributed by atoms with van der Waals surface area (Å²) in [5.74, 6) is 1.44. The molecule has 4 nitrogen and oxygen atoms in total. The molecule has 0 amide bonds. The van der Waals surface area contributed by atoms with E-state index in [2.05, 4.69) is 0 Å². The molecular weight excluding hydrogens is 280 g/mol. The van der Waals surface area contributed by atoms with Crippen LogP contribution in [-0.4, -0.2) is 6.61 Å². The Morgan fingerprint density at radius 1 is 1.05 bits per heavy atom. The molecule has 0 saturated heterocycles. The molecule has 112 valence electrons. The topological polar surface area (TPSA) is 48.7 Å². The molecule has 3 rings (SSSR count). The van der Waals surface area contributed by atoms with Gasteiger partial charge in [-0.3, -0.25) is 4.79 Å². The fourth-order valence-electron chi connectivity index (χ4n) is 2.15. The lowest BCUT2D eigenvalue weighted by Crippen LogP contribution is -2.05. The van der Waals surface area contributed by atoms with Gasteiger partial charge in [-0.2, -0.15) is 0 Å². The summed E-state index contributed by atoms with van der Waals surface area (Å²) in [7, 11) is 0. The SMILES string of the molecule is CCOc1ccc2c(=O)c(Oc3ccc(C)cc3)coc2c1. The molecule has 0 radical (unpaired) electrons. The van der Waals surface area contributed by atoms with Crippen LogP contribution in [0.5, 0.6) is 17.2 Å². The molecule has 0 fully saturated rings. The van der Waals surface area contributed by atoms with Gasteiger partial charge in [0.15, 0.2) is 0 Å². The molecule has 2 aromatic carbocycles. The number of aryl methyl sites for hydroxylation is 1. The Morgan fingerprint density at radius 3 is 2.50 bits per heavy atom. The number of benzene rings is 2. The molecular formula is C18H16O4. The van der Waals surface area contributed by atoms with Crippen LogP contribution in [0.3, 0.4) is 0 Å². The predicted molar refractivity (Wildman–Crippen MR) is 84.9 cm³/mol. The smallest absolute Gasteiger partial charge is 0.235 e. The van der Waals surface area contributed by atoms with Gasteiger partial charge in [-0.05, 0) is 38.1 Å². The highest BCUT2D eigenvalue weighted by Crippen LogP contribution is 2.24. The Kier molecular flexibility index (Phi) is 3.83. The summed E-state index contributed by atoms with van der Waals surface area (Å²) in [5, 5.41) is 0.466. The van der Waals surface area contributed by atoms with E-state index in [4.69, 9.17) is 13.9 Å². The highest BCUT2D eigenvalue weighted by atomic mass is 16.5. The average Bonchev–Trinajstić information content (AvgIpc) is 2.52. The van der Waals surface area contributed by atoms with Crippen molar-refractivity contribution in [3.05, 3.63) is 64.5 Å². The average molecular weight is 296 g/mol. The van der Waals surface area contributed by atoms with Gasteiger partial charge in [0, 0.05) is 6.07 Å². The van der Waals surface area contributed by atoms with Crippen molar-refractivity contribution in [1.82, 2.24) is 0 Å². The number of ether oxygens (including phenoxy) is 2. The van der Waals surface area contributed by atoms with Crippen LogP contribution in [0.1, 0.15) is 12.5 Å². The summed E-state index contributed by atoms with van der Waals surface area (Å²) < 4.78 is 16.5. The first-order valence-corrected chi connectivity index (χ1v) is 7.10. The number of hydrogen-bond acceptors (Lipinski definition) is 4. The van der Waals surface area contributed by atoms with E-state index in [-0.39, 0.29) is 11.2 Å². The van der Waals surface area contributed by atoms with Gasteiger partial charge in [-0.1, -0.05) is 17.7 Å². The minimum atomic E-state index is -0.204. The second-order valence-electron chi connectivity index (χ2n) is 4.94. The van der Waals surface area contributed by atoms with Gasteiger partial charge in [0.2, 0.25) is 11.2 Å². The highest BCUT2D eigenvalue weighted by molar-refractivity contribution is 5.79. The molecule has 0 saturated carbocycles. The summed E-state index contributed by atoms with van der Waals surface area (Å²) in [6.07, 6.45) is 1.33. The fourth-order valence-corrected chi connectivity index (χ4v) is 2.15. The van der Waals surface area contributed by atoms with E-state index in [1.165, 1.54) is 6.26 Å². The summed E-state index contributed by atoms with van der Waals surface area (Å²) in [6.45, 7) is 4.45. The molecule has 1 heterocycles. The first-order valence-electron chi connectivity index (χ1n) is 7.10. The van der Waals surface area contributed by atoms with Crippen molar-refractivity contribution in [2.45, 2.75) is 13.8 Å². The fraction of sp³-hybridized carbons (Fsp3) is 0.167. The third-order valence-electron chi connectivity index (χ3n) is 3.27. The van der Waals surface area contributed by atoms with Crippen LogP contribution in [0.4, 0.5) is 0 Å². The summed E-state index contributed by atoms with van der Waals surface area (Å²) in [6, 6.07) is 12.6. The molecule has 0 bridgehead atoms. The third-order valence-corrected chi connectivity index (χ3v) is 3.27. The monoisotopic (exact) mass is 296 g/mol. The van der Waals surface area contributed by atoms with E-state index in [0.717, 1.165) is 5.56 Å². The largest absolute Gasteiger partial charge is 0.494 e. The predicted octanol–water partition coefficient (Wildman–Crippen LogP) is 4.29. The Balaban J connectivity index is 1.97. The van der Waals surface area contributed by atoms with Crippen LogP contribution in [0, 0.1) is 6.92 Å². The second kappa shape index (κ2) is 5.93. The Bertz CT molecular complexity index is 847. The lowest BCUT2D eigenvalue weighted by Gasteiger charge is -2.07. The van der Waals surface area contributed by atoms with Crippen LogP contribution in [0.15, 0.2) is 57.9 Å². The van der Waals surface area contributed by atoms with Gasteiger partial charge in [-0.25, -0.2) is 0 Å². The quantitative estimate of drug-likeness (QED) is 0.720. The van der Waals surface area contributed by atoms with Gasteiger partial charge >= 0.3 is 0 Å². The number of rotatable bonds is 4. The lowest BCUT2D eigenvalue weighted by molar-refractivity contribution is 0.340. The van der Waals surface area contributed by atoms with Crippen LogP contribution in [-0.2, 0) is 0 Å². The van der Waals surface area contributed by atoms with E-state index < -0.39 is 0 Å². The van der Waals surface area contributed by atoms with Crippen molar-refractivity contribution in [1.29, 1.82) is 0 Å². The first-order chi connectivity index (χ1) is 10.7. The maximum absolute atomic E-state index is 12.4. The van der Waals surface area contributed by atoms with Crippen molar-refractivity contribution in [2.24, 2.45) is 0 Å². The molecule has 0 aliphatic carbocycles. The van der Waals surface area contributed by atoms with E-state index in [1.54, 1.807) is 18.2 Å². The summed E-state index contributed by atoms with van der Waals surface area (Å²) in [4.78, 5) is 12.4. The molecule has 0 aliphatic rings. The normalized spacial score (nSPS) is 10.6. The van der Waals surface area contributed by atoms with E-state index in [0.29, 0.717) is 29.1 Å². The molecule has 22 heavy (non-hydrogen) atoms. The van der Waals surface area contributed by atoms with Crippen LogP contribution in [0.2, 0.25) is 0 Å². The Labute approximate surface area is 127 Å². The van der Waals surface area contributed by atoms with Gasteiger partial charge < -0.3 is 13.9 Å². The number of fused-ring (bicyclic) bond motifs is 1. The third kappa shape index (κ3) is 2.81. The highest BCUT2D eigenvalue weighted by Gasteiger charge is 2.10. The van der Waals surface area contributed by atoms with Gasteiger partial charge in [0.25, 0.3) is 0 Å². The minimum absolute atomic E-state index is 0.167. The van der Waals surface area contributed by atoms with Crippen molar-refractivity contribution >= 4 is 11.0 Å². The molecule has 0 unspecified atom stereocenters.